The van der Waals surface area contributed by atoms with Crippen molar-refractivity contribution in [3.05, 3.63) is 106 Å². The Morgan fingerprint density at radius 3 is 2.32 bits per heavy atom. The maximum Gasteiger partial charge on any atom is 0.280 e. The molecule has 0 saturated heterocycles. The number of aliphatic imine (C=N–C) groups is 1. The highest BCUT2D eigenvalue weighted by Gasteiger charge is 2.19. The summed E-state index contributed by atoms with van der Waals surface area (Å²) in [6, 6.07) is 23.1. The van der Waals surface area contributed by atoms with E-state index in [9.17, 15) is 9.18 Å². The Kier molecular flexibility index (Phi) is 5.80. The van der Waals surface area contributed by atoms with Crippen molar-refractivity contribution in [3.63, 3.8) is 0 Å². The lowest BCUT2D eigenvalue weighted by molar-refractivity contribution is 0.414. The Balaban J connectivity index is 1.77. The molecule has 6 heteroatoms. The summed E-state index contributed by atoms with van der Waals surface area (Å²) in [5.41, 5.74) is 3.98. The smallest absolute Gasteiger partial charge is 0.280 e. The molecular weight excluding hydrogens is 393 g/mol. The second kappa shape index (κ2) is 8.83. The van der Waals surface area contributed by atoms with Gasteiger partial charge >= 0.3 is 0 Å². The van der Waals surface area contributed by atoms with Crippen molar-refractivity contribution in [1.29, 1.82) is 0 Å². The topological polar surface area (TPSA) is 59.4 Å². The Labute approximate surface area is 179 Å². The van der Waals surface area contributed by atoms with E-state index in [1.807, 2.05) is 61.5 Å². The van der Waals surface area contributed by atoms with Crippen LogP contribution < -0.4 is 10.3 Å². The molecule has 4 aromatic rings. The number of ether oxygens (including phenoxy) is 1. The third-order valence-corrected chi connectivity index (χ3v) is 5.06. The van der Waals surface area contributed by atoms with Crippen LogP contribution in [0.4, 0.5) is 4.39 Å². The summed E-state index contributed by atoms with van der Waals surface area (Å²) >= 11 is 0. The van der Waals surface area contributed by atoms with Gasteiger partial charge in [-0.2, -0.15) is 0 Å². The van der Waals surface area contributed by atoms with E-state index in [0.717, 1.165) is 16.9 Å². The highest BCUT2D eigenvalue weighted by molar-refractivity contribution is 6.03. The summed E-state index contributed by atoms with van der Waals surface area (Å²) in [5, 5.41) is 3.18. The number of benzene rings is 3. The van der Waals surface area contributed by atoms with Crippen molar-refractivity contribution in [2.75, 3.05) is 7.11 Å². The third-order valence-electron chi connectivity index (χ3n) is 5.06. The zero-order valence-corrected chi connectivity index (χ0v) is 17.3. The van der Waals surface area contributed by atoms with Crippen molar-refractivity contribution >= 4 is 5.71 Å². The molecule has 156 valence electrons. The molecule has 0 unspecified atom stereocenters. The quantitative estimate of drug-likeness (QED) is 0.451. The van der Waals surface area contributed by atoms with Crippen molar-refractivity contribution < 1.29 is 9.13 Å². The van der Waals surface area contributed by atoms with Crippen LogP contribution in [0.5, 0.6) is 5.75 Å². The molecule has 0 atom stereocenters. The summed E-state index contributed by atoms with van der Waals surface area (Å²) in [4.78, 5) is 18.0. The van der Waals surface area contributed by atoms with Crippen LogP contribution in [0.3, 0.4) is 0 Å². The molecule has 1 N–H and O–H groups in total. The van der Waals surface area contributed by atoms with Gasteiger partial charge in [0, 0.05) is 11.3 Å². The molecule has 4 rings (SSSR count). The first-order chi connectivity index (χ1) is 15.1. The number of nitrogens with one attached hydrogen (secondary N) is 1. The second-order valence-corrected chi connectivity index (χ2v) is 7.09. The van der Waals surface area contributed by atoms with Gasteiger partial charge in [-0.25, -0.2) is 9.07 Å². The van der Waals surface area contributed by atoms with E-state index in [-0.39, 0.29) is 11.4 Å². The SMILES string of the molecule is COc1ccc(CN=C(C)c2c(-c3ccccc3)[nH]n(-c3ccc(F)cc3)c2=O)cc1. The van der Waals surface area contributed by atoms with E-state index < -0.39 is 0 Å². The van der Waals surface area contributed by atoms with Crippen LogP contribution in [-0.2, 0) is 6.54 Å². The molecule has 0 saturated carbocycles. The Morgan fingerprint density at radius 2 is 1.68 bits per heavy atom. The molecule has 0 amide bonds. The number of H-pyrrole nitrogens is 1. The van der Waals surface area contributed by atoms with Gasteiger partial charge in [-0.3, -0.25) is 14.9 Å². The van der Waals surface area contributed by atoms with Crippen LogP contribution in [-0.4, -0.2) is 22.6 Å². The Hall–Kier alpha value is -3.93. The summed E-state index contributed by atoms with van der Waals surface area (Å²) in [7, 11) is 1.63. The molecule has 0 radical (unpaired) electrons. The van der Waals surface area contributed by atoms with Crippen LogP contribution in [0.25, 0.3) is 16.9 Å². The fraction of sp³-hybridized carbons (Fsp3) is 0.120. The zero-order valence-electron chi connectivity index (χ0n) is 17.3. The van der Waals surface area contributed by atoms with E-state index in [1.54, 1.807) is 19.2 Å². The maximum atomic E-state index is 13.4. The summed E-state index contributed by atoms with van der Waals surface area (Å²) < 4.78 is 20.0. The minimum absolute atomic E-state index is 0.235. The number of hydrogen-bond donors (Lipinski definition) is 1. The van der Waals surface area contributed by atoms with Gasteiger partial charge in [-0.1, -0.05) is 42.5 Å². The highest BCUT2D eigenvalue weighted by atomic mass is 19.1. The van der Waals surface area contributed by atoms with Crippen molar-refractivity contribution in [3.8, 4) is 22.7 Å². The maximum absolute atomic E-state index is 13.4. The van der Waals surface area contributed by atoms with Crippen LogP contribution in [0, 0.1) is 5.82 Å². The van der Waals surface area contributed by atoms with Crippen molar-refractivity contribution in [2.45, 2.75) is 13.5 Å². The summed E-state index contributed by atoms with van der Waals surface area (Å²) in [6.07, 6.45) is 0. The minimum atomic E-state index is -0.357. The van der Waals surface area contributed by atoms with Gasteiger partial charge in [-0.05, 0) is 48.9 Å². The highest BCUT2D eigenvalue weighted by Crippen LogP contribution is 2.22. The second-order valence-electron chi connectivity index (χ2n) is 7.09. The van der Waals surface area contributed by atoms with E-state index in [0.29, 0.717) is 29.2 Å². The molecule has 1 aromatic heterocycles. The first-order valence-corrected chi connectivity index (χ1v) is 9.87. The van der Waals surface area contributed by atoms with E-state index in [1.165, 1.54) is 16.8 Å². The molecule has 0 aliphatic rings. The molecule has 1 heterocycles. The number of methoxy groups -OCH3 is 1. The Bertz CT molecular complexity index is 1260. The number of halogens is 1. The third kappa shape index (κ3) is 4.33. The van der Waals surface area contributed by atoms with Gasteiger partial charge in [-0.15, -0.1) is 0 Å². The lowest BCUT2D eigenvalue weighted by atomic mass is 10.1. The van der Waals surface area contributed by atoms with E-state index in [2.05, 4.69) is 10.1 Å². The number of nitrogens with zero attached hydrogens (tertiary/aromatic N) is 2. The molecule has 3 aromatic carbocycles. The molecule has 5 nitrogen and oxygen atoms in total. The normalized spacial score (nSPS) is 11.5. The van der Waals surface area contributed by atoms with Gasteiger partial charge < -0.3 is 4.74 Å². The molecule has 0 aliphatic heterocycles. The fourth-order valence-corrected chi connectivity index (χ4v) is 3.38. The minimum Gasteiger partial charge on any atom is -0.497 e. The first kappa shape index (κ1) is 20.3. The van der Waals surface area contributed by atoms with E-state index >= 15 is 0 Å². The molecule has 0 fully saturated rings. The molecular formula is C25H22FN3O2. The molecule has 0 aliphatic carbocycles. The summed E-state index contributed by atoms with van der Waals surface area (Å²) in [5.74, 6) is 0.424. The van der Waals surface area contributed by atoms with Crippen molar-refractivity contribution in [2.24, 2.45) is 4.99 Å². The van der Waals surface area contributed by atoms with Gasteiger partial charge in [0.1, 0.15) is 11.6 Å². The van der Waals surface area contributed by atoms with Crippen LogP contribution in [0.15, 0.2) is 88.6 Å². The average molecular weight is 415 g/mol. The monoisotopic (exact) mass is 415 g/mol. The predicted molar refractivity (Wildman–Crippen MR) is 121 cm³/mol. The number of aromatic amines is 1. The number of aromatic nitrogens is 2. The standard InChI is InChI=1S/C25H22FN3O2/c1-17(27-16-18-8-14-22(31-2)15-9-18)23-24(19-6-4-3-5-7-19)28-29(25(23)30)21-12-10-20(26)11-13-21/h3-15,28H,16H2,1-2H3. The average Bonchev–Trinajstić information content (AvgIpc) is 3.16. The van der Waals surface area contributed by atoms with Crippen molar-refractivity contribution in [1.82, 2.24) is 9.78 Å². The lowest BCUT2D eigenvalue weighted by Crippen LogP contribution is -2.19. The van der Waals surface area contributed by atoms with Gasteiger partial charge in [0.15, 0.2) is 0 Å². The van der Waals surface area contributed by atoms with Gasteiger partial charge in [0.2, 0.25) is 0 Å². The zero-order chi connectivity index (χ0) is 21.8. The van der Waals surface area contributed by atoms with Gasteiger partial charge in [0.05, 0.1) is 30.6 Å². The first-order valence-electron chi connectivity index (χ1n) is 9.87. The van der Waals surface area contributed by atoms with Crippen LogP contribution in [0.2, 0.25) is 0 Å². The number of hydrogen-bond acceptors (Lipinski definition) is 3. The summed E-state index contributed by atoms with van der Waals surface area (Å²) in [6.45, 7) is 2.26. The van der Waals surface area contributed by atoms with E-state index in [4.69, 9.17) is 4.74 Å². The fourth-order valence-electron chi connectivity index (χ4n) is 3.38. The number of rotatable bonds is 6. The lowest BCUT2D eigenvalue weighted by Gasteiger charge is -2.04. The Morgan fingerprint density at radius 1 is 1.00 bits per heavy atom. The molecule has 0 spiro atoms. The molecule has 31 heavy (non-hydrogen) atoms. The predicted octanol–water partition coefficient (Wildman–Crippen LogP) is 4.99. The van der Waals surface area contributed by atoms with Crippen LogP contribution >= 0.6 is 0 Å². The molecule has 0 bridgehead atoms. The van der Waals surface area contributed by atoms with Gasteiger partial charge in [0.25, 0.3) is 5.56 Å². The van der Waals surface area contributed by atoms with Crippen LogP contribution in [0.1, 0.15) is 18.1 Å². The largest absolute Gasteiger partial charge is 0.497 e.